The van der Waals surface area contributed by atoms with Gasteiger partial charge >= 0.3 is 0 Å². The van der Waals surface area contributed by atoms with Crippen LogP contribution in [0, 0.1) is 6.92 Å². The molecule has 1 aliphatic rings. The highest BCUT2D eigenvalue weighted by Crippen LogP contribution is 2.43. The summed E-state index contributed by atoms with van der Waals surface area (Å²) in [7, 11) is 1.60. The molecule has 3 rings (SSSR count). The normalized spacial score (nSPS) is 17.4. The summed E-state index contributed by atoms with van der Waals surface area (Å²) in [5.41, 5.74) is 7.47. The van der Waals surface area contributed by atoms with Crippen molar-refractivity contribution >= 4 is 17.8 Å². The quantitative estimate of drug-likeness (QED) is 0.520. The summed E-state index contributed by atoms with van der Waals surface area (Å²) in [6.07, 6.45) is 2.82. The SMILES string of the molecule is CCN1c2cc(C)c(/C=N/NC(=O)COc3ccc(OC)cc3)cc2C(C)CC1(C)C. The predicted molar refractivity (Wildman–Crippen MR) is 126 cm³/mol. The van der Waals surface area contributed by atoms with Crippen LogP contribution in [0.3, 0.4) is 0 Å². The van der Waals surface area contributed by atoms with Crippen molar-refractivity contribution in [3.05, 3.63) is 53.1 Å². The Bertz CT molecular complexity index is 951. The third-order valence-electron chi connectivity index (χ3n) is 5.91. The van der Waals surface area contributed by atoms with Crippen LogP contribution in [0.2, 0.25) is 0 Å². The Morgan fingerprint density at radius 1 is 1.26 bits per heavy atom. The number of ether oxygens (including phenoxy) is 2. The smallest absolute Gasteiger partial charge is 0.277 e. The highest BCUT2D eigenvalue weighted by atomic mass is 16.5. The topological polar surface area (TPSA) is 63.2 Å². The zero-order chi connectivity index (χ0) is 22.6. The van der Waals surface area contributed by atoms with E-state index in [1.807, 2.05) is 0 Å². The number of hydrogen-bond donors (Lipinski definition) is 1. The molecule has 31 heavy (non-hydrogen) atoms. The third kappa shape index (κ3) is 5.19. The minimum atomic E-state index is -0.310. The number of nitrogens with zero attached hydrogens (tertiary/aromatic N) is 2. The largest absolute Gasteiger partial charge is 0.497 e. The molecule has 0 fully saturated rings. The van der Waals surface area contributed by atoms with Crippen LogP contribution in [-0.2, 0) is 4.79 Å². The van der Waals surface area contributed by atoms with Crippen LogP contribution >= 0.6 is 0 Å². The Balaban J connectivity index is 1.64. The van der Waals surface area contributed by atoms with E-state index in [0.717, 1.165) is 29.8 Å². The number of nitrogens with one attached hydrogen (secondary N) is 1. The number of amides is 1. The van der Waals surface area contributed by atoms with Gasteiger partial charge < -0.3 is 14.4 Å². The van der Waals surface area contributed by atoms with Gasteiger partial charge in [0, 0.05) is 17.8 Å². The van der Waals surface area contributed by atoms with E-state index in [1.54, 1.807) is 37.6 Å². The van der Waals surface area contributed by atoms with E-state index in [0.29, 0.717) is 11.7 Å². The van der Waals surface area contributed by atoms with E-state index in [4.69, 9.17) is 9.47 Å². The summed E-state index contributed by atoms with van der Waals surface area (Å²) in [6, 6.07) is 11.5. The molecule has 0 bridgehead atoms. The minimum Gasteiger partial charge on any atom is -0.497 e. The first-order valence-electron chi connectivity index (χ1n) is 10.8. The van der Waals surface area contributed by atoms with Gasteiger partial charge in [-0.2, -0.15) is 5.10 Å². The highest BCUT2D eigenvalue weighted by Gasteiger charge is 2.35. The lowest BCUT2D eigenvalue weighted by Crippen LogP contribution is -2.48. The second-order valence-corrected chi connectivity index (χ2v) is 8.69. The number of aryl methyl sites for hydroxylation is 1. The van der Waals surface area contributed by atoms with E-state index < -0.39 is 0 Å². The molecule has 0 aromatic heterocycles. The van der Waals surface area contributed by atoms with Crippen LogP contribution in [0.15, 0.2) is 41.5 Å². The van der Waals surface area contributed by atoms with E-state index in [-0.39, 0.29) is 18.1 Å². The third-order valence-corrected chi connectivity index (χ3v) is 5.91. The molecule has 1 heterocycles. The summed E-state index contributed by atoms with van der Waals surface area (Å²) in [5.74, 6) is 1.49. The fraction of sp³-hybridized carbons (Fsp3) is 0.440. The van der Waals surface area contributed by atoms with Gasteiger partial charge in [-0.05, 0) is 93.1 Å². The zero-order valence-electron chi connectivity index (χ0n) is 19.4. The Kier molecular flexibility index (Phi) is 6.88. The van der Waals surface area contributed by atoms with Crippen LogP contribution in [-0.4, -0.2) is 37.9 Å². The maximum absolute atomic E-state index is 12.1. The molecule has 0 aliphatic carbocycles. The van der Waals surface area contributed by atoms with Crippen molar-refractivity contribution in [1.29, 1.82) is 0 Å². The van der Waals surface area contributed by atoms with Crippen molar-refractivity contribution in [1.82, 2.24) is 5.43 Å². The van der Waals surface area contributed by atoms with Crippen molar-refractivity contribution in [2.24, 2.45) is 5.10 Å². The van der Waals surface area contributed by atoms with E-state index in [2.05, 4.69) is 62.2 Å². The lowest BCUT2D eigenvalue weighted by Gasteiger charge is -2.47. The van der Waals surface area contributed by atoms with Gasteiger partial charge in [0.05, 0.1) is 13.3 Å². The van der Waals surface area contributed by atoms with Crippen molar-refractivity contribution < 1.29 is 14.3 Å². The van der Waals surface area contributed by atoms with E-state index in [9.17, 15) is 4.79 Å². The summed E-state index contributed by atoms with van der Waals surface area (Å²) in [5, 5.41) is 4.15. The van der Waals surface area contributed by atoms with Gasteiger partial charge in [-0.25, -0.2) is 5.43 Å². The maximum atomic E-state index is 12.1. The molecule has 0 saturated carbocycles. The molecular formula is C25H33N3O3. The first-order valence-corrected chi connectivity index (χ1v) is 10.8. The van der Waals surface area contributed by atoms with Crippen molar-refractivity contribution in [2.45, 2.75) is 52.5 Å². The molecule has 2 aromatic carbocycles. The minimum absolute atomic E-state index is 0.107. The van der Waals surface area contributed by atoms with Gasteiger partial charge in [0.15, 0.2) is 6.61 Å². The van der Waals surface area contributed by atoms with Crippen LogP contribution in [0.25, 0.3) is 0 Å². The molecule has 1 N–H and O–H groups in total. The molecule has 0 saturated heterocycles. The summed E-state index contributed by atoms with van der Waals surface area (Å²) in [4.78, 5) is 14.6. The van der Waals surface area contributed by atoms with Gasteiger partial charge in [-0.3, -0.25) is 4.79 Å². The number of fused-ring (bicyclic) bond motifs is 1. The molecule has 1 aliphatic heterocycles. The summed E-state index contributed by atoms with van der Waals surface area (Å²) in [6.45, 7) is 12.1. The standard InChI is InChI=1S/C25H33N3O3/c1-7-28-23-12-17(2)19(13-22(23)18(3)14-25(28,4)5)15-26-27-24(29)16-31-21-10-8-20(30-6)9-11-21/h8-13,15,18H,7,14,16H2,1-6H3,(H,27,29)/b26-15+. The first kappa shape index (κ1) is 22.7. The number of benzene rings is 2. The molecule has 6 heteroatoms. The van der Waals surface area contributed by atoms with Gasteiger partial charge in [0.25, 0.3) is 5.91 Å². The summed E-state index contributed by atoms with van der Waals surface area (Å²) >= 11 is 0. The Hall–Kier alpha value is -3.02. The van der Waals surface area contributed by atoms with Gasteiger partial charge in [0.2, 0.25) is 0 Å². The average molecular weight is 424 g/mol. The van der Waals surface area contributed by atoms with Crippen molar-refractivity contribution in [2.75, 3.05) is 25.2 Å². The van der Waals surface area contributed by atoms with Crippen LogP contribution < -0.4 is 19.8 Å². The molecule has 1 atom stereocenters. The molecule has 166 valence electrons. The fourth-order valence-electron chi connectivity index (χ4n) is 4.42. The van der Waals surface area contributed by atoms with E-state index in [1.165, 1.54) is 11.3 Å². The Labute approximate surface area is 185 Å². The number of carbonyl (C=O) groups excluding carboxylic acids is 1. The van der Waals surface area contributed by atoms with Gasteiger partial charge in [0.1, 0.15) is 11.5 Å². The van der Waals surface area contributed by atoms with Crippen LogP contribution in [0.5, 0.6) is 11.5 Å². The number of methoxy groups -OCH3 is 1. The van der Waals surface area contributed by atoms with Gasteiger partial charge in [-0.1, -0.05) is 6.92 Å². The fourth-order valence-corrected chi connectivity index (χ4v) is 4.42. The molecule has 1 unspecified atom stereocenters. The predicted octanol–water partition coefficient (Wildman–Crippen LogP) is 4.64. The first-order chi connectivity index (χ1) is 14.7. The van der Waals surface area contributed by atoms with Crippen molar-refractivity contribution in [3.8, 4) is 11.5 Å². The number of hydrazone groups is 1. The second kappa shape index (κ2) is 9.41. The molecule has 0 spiro atoms. The molecule has 0 radical (unpaired) electrons. The lowest BCUT2D eigenvalue weighted by atomic mass is 9.79. The van der Waals surface area contributed by atoms with Gasteiger partial charge in [-0.15, -0.1) is 0 Å². The average Bonchev–Trinajstić information content (AvgIpc) is 2.73. The zero-order valence-corrected chi connectivity index (χ0v) is 19.4. The van der Waals surface area contributed by atoms with Crippen molar-refractivity contribution in [3.63, 3.8) is 0 Å². The Morgan fingerprint density at radius 2 is 1.94 bits per heavy atom. The second-order valence-electron chi connectivity index (χ2n) is 8.69. The molecule has 2 aromatic rings. The number of carbonyl (C=O) groups is 1. The van der Waals surface area contributed by atoms with Crippen LogP contribution in [0.1, 0.15) is 56.7 Å². The molecule has 1 amide bonds. The Morgan fingerprint density at radius 3 is 2.58 bits per heavy atom. The number of rotatable bonds is 7. The number of anilines is 1. The highest BCUT2D eigenvalue weighted by molar-refractivity contribution is 5.86. The van der Waals surface area contributed by atoms with E-state index >= 15 is 0 Å². The summed E-state index contributed by atoms with van der Waals surface area (Å²) < 4.78 is 10.6. The molecular weight excluding hydrogens is 390 g/mol. The lowest BCUT2D eigenvalue weighted by molar-refractivity contribution is -0.123. The maximum Gasteiger partial charge on any atom is 0.277 e. The molecule has 6 nitrogen and oxygen atoms in total. The van der Waals surface area contributed by atoms with Crippen LogP contribution in [0.4, 0.5) is 5.69 Å². The number of hydrogen-bond acceptors (Lipinski definition) is 5. The monoisotopic (exact) mass is 423 g/mol.